The molecule has 0 spiro atoms. The average Bonchev–Trinajstić information content (AvgIpc) is 2.82. The van der Waals surface area contributed by atoms with Crippen LogP contribution < -0.4 is 20.7 Å². The van der Waals surface area contributed by atoms with Crippen LogP contribution in [0.3, 0.4) is 0 Å². The van der Waals surface area contributed by atoms with Gasteiger partial charge in [0.1, 0.15) is 5.75 Å². The van der Waals surface area contributed by atoms with Gasteiger partial charge >= 0.3 is 0 Å². The summed E-state index contributed by atoms with van der Waals surface area (Å²) < 4.78 is 6.45. The van der Waals surface area contributed by atoms with E-state index in [1.165, 1.54) is 0 Å². The molecule has 3 aromatic carbocycles. The third-order valence-corrected chi connectivity index (χ3v) is 4.89. The van der Waals surface area contributed by atoms with E-state index in [0.717, 1.165) is 10.0 Å². The molecule has 0 saturated carbocycles. The van der Waals surface area contributed by atoms with E-state index in [0.29, 0.717) is 12.2 Å². The van der Waals surface area contributed by atoms with Crippen LogP contribution in [0.4, 0.5) is 5.69 Å². The minimum absolute atomic E-state index is 0.177. The van der Waals surface area contributed by atoms with Gasteiger partial charge in [0.25, 0.3) is 11.8 Å². The van der Waals surface area contributed by atoms with Crippen molar-refractivity contribution in [3.63, 3.8) is 0 Å². The van der Waals surface area contributed by atoms with Gasteiger partial charge in [0.2, 0.25) is 5.91 Å². The van der Waals surface area contributed by atoms with Crippen molar-refractivity contribution in [3.8, 4) is 5.75 Å². The molecular weight excluding hydrogens is 474 g/mol. The van der Waals surface area contributed by atoms with Crippen molar-refractivity contribution in [1.82, 2.24) is 10.6 Å². The summed E-state index contributed by atoms with van der Waals surface area (Å²) in [6, 6.07) is 23.2. The highest BCUT2D eigenvalue weighted by molar-refractivity contribution is 9.10. The van der Waals surface area contributed by atoms with Crippen molar-refractivity contribution in [1.29, 1.82) is 0 Å². The monoisotopic (exact) mass is 495 g/mol. The number of amides is 3. The molecule has 0 aromatic heterocycles. The van der Waals surface area contributed by atoms with E-state index < -0.39 is 5.91 Å². The molecule has 3 amide bonds. The smallest absolute Gasteiger partial charge is 0.262 e. The maximum absolute atomic E-state index is 12.5. The van der Waals surface area contributed by atoms with Gasteiger partial charge in [0, 0.05) is 16.7 Å². The molecule has 0 bridgehead atoms. The van der Waals surface area contributed by atoms with Crippen molar-refractivity contribution in [2.24, 2.45) is 0 Å². The second-order valence-electron chi connectivity index (χ2n) is 6.78. The normalized spacial score (nSPS) is 10.2. The molecule has 0 saturated heterocycles. The van der Waals surface area contributed by atoms with Gasteiger partial charge in [-0.1, -0.05) is 58.4 Å². The van der Waals surface area contributed by atoms with Crippen molar-refractivity contribution in [3.05, 3.63) is 94.5 Å². The molecule has 7 nitrogen and oxygen atoms in total. The topological polar surface area (TPSA) is 96.5 Å². The van der Waals surface area contributed by atoms with E-state index in [-0.39, 0.29) is 36.3 Å². The van der Waals surface area contributed by atoms with Gasteiger partial charge in [-0.2, -0.15) is 0 Å². The number of para-hydroxylation sites is 1. The lowest BCUT2D eigenvalue weighted by atomic mass is 10.2. The Morgan fingerprint density at radius 2 is 1.47 bits per heavy atom. The van der Waals surface area contributed by atoms with Crippen molar-refractivity contribution in [2.75, 3.05) is 18.5 Å². The molecule has 0 unspecified atom stereocenters. The van der Waals surface area contributed by atoms with Crippen LogP contribution in [0.2, 0.25) is 0 Å². The third kappa shape index (κ3) is 7.24. The highest BCUT2D eigenvalue weighted by atomic mass is 79.9. The zero-order chi connectivity index (χ0) is 22.8. The van der Waals surface area contributed by atoms with Crippen LogP contribution in [-0.2, 0) is 16.1 Å². The summed E-state index contributed by atoms with van der Waals surface area (Å²) in [5.74, 6) is -0.887. The highest BCUT2D eigenvalue weighted by Gasteiger charge is 2.14. The molecule has 0 heterocycles. The number of hydrogen-bond acceptors (Lipinski definition) is 4. The first-order chi connectivity index (χ1) is 15.5. The number of rotatable bonds is 9. The predicted molar refractivity (Wildman–Crippen MR) is 125 cm³/mol. The third-order valence-electron chi connectivity index (χ3n) is 4.36. The molecule has 0 aliphatic rings. The molecule has 8 heteroatoms. The zero-order valence-electron chi connectivity index (χ0n) is 17.1. The maximum atomic E-state index is 12.5. The molecule has 0 aliphatic carbocycles. The lowest BCUT2D eigenvalue weighted by molar-refractivity contribution is -0.120. The Bertz CT molecular complexity index is 1070. The van der Waals surface area contributed by atoms with Gasteiger partial charge in [0.15, 0.2) is 6.61 Å². The van der Waals surface area contributed by atoms with Gasteiger partial charge in [0.05, 0.1) is 12.1 Å². The van der Waals surface area contributed by atoms with E-state index in [2.05, 4.69) is 31.9 Å². The van der Waals surface area contributed by atoms with E-state index in [4.69, 9.17) is 4.74 Å². The van der Waals surface area contributed by atoms with Crippen LogP contribution in [0, 0.1) is 0 Å². The fourth-order valence-electron chi connectivity index (χ4n) is 2.77. The molecular formula is C24H22BrN3O4. The van der Waals surface area contributed by atoms with E-state index in [9.17, 15) is 14.4 Å². The lowest BCUT2D eigenvalue weighted by Crippen LogP contribution is -2.36. The second-order valence-corrected chi connectivity index (χ2v) is 7.70. The van der Waals surface area contributed by atoms with Gasteiger partial charge in [-0.05, 0) is 42.0 Å². The van der Waals surface area contributed by atoms with Crippen LogP contribution in [0.15, 0.2) is 83.3 Å². The summed E-state index contributed by atoms with van der Waals surface area (Å²) in [5.41, 5.74) is 1.83. The summed E-state index contributed by atoms with van der Waals surface area (Å²) >= 11 is 3.34. The largest absolute Gasteiger partial charge is 0.483 e. The Morgan fingerprint density at radius 3 is 2.22 bits per heavy atom. The SMILES string of the molecule is O=C(CNC(=O)c1ccccc1OCC(=O)Nc1ccc(Br)cc1)NCc1ccccc1. The highest BCUT2D eigenvalue weighted by Crippen LogP contribution is 2.18. The molecule has 164 valence electrons. The number of nitrogens with one attached hydrogen (secondary N) is 3. The number of anilines is 1. The van der Waals surface area contributed by atoms with E-state index >= 15 is 0 Å². The Hall–Kier alpha value is -3.65. The van der Waals surface area contributed by atoms with Crippen LogP contribution in [0.1, 0.15) is 15.9 Å². The van der Waals surface area contributed by atoms with Gasteiger partial charge < -0.3 is 20.7 Å². The minimum atomic E-state index is -0.469. The number of benzene rings is 3. The van der Waals surface area contributed by atoms with E-state index in [1.807, 2.05) is 42.5 Å². The quantitative estimate of drug-likeness (QED) is 0.423. The maximum Gasteiger partial charge on any atom is 0.262 e. The molecule has 0 aliphatic heterocycles. The Kier molecular flexibility index (Phi) is 8.39. The van der Waals surface area contributed by atoms with Crippen LogP contribution >= 0.6 is 15.9 Å². The van der Waals surface area contributed by atoms with Crippen LogP contribution in [-0.4, -0.2) is 30.9 Å². The molecule has 0 radical (unpaired) electrons. The number of carbonyl (C=O) groups is 3. The summed E-state index contributed by atoms with van der Waals surface area (Å²) in [7, 11) is 0. The Morgan fingerprint density at radius 1 is 0.781 bits per heavy atom. The van der Waals surface area contributed by atoms with Gasteiger partial charge in [-0.25, -0.2) is 0 Å². The average molecular weight is 496 g/mol. The van der Waals surface area contributed by atoms with Crippen LogP contribution in [0.25, 0.3) is 0 Å². The Balaban J connectivity index is 1.49. The first kappa shape index (κ1) is 23.0. The fraction of sp³-hybridized carbons (Fsp3) is 0.125. The van der Waals surface area contributed by atoms with Gasteiger partial charge in [-0.3, -0.25) is 14.4 Å². The number of halogens is 1. The zero-order valence-corrected chi connectivity index (χ0v) is 18.7. The molecule has 0 fully saturated rings. The summed E-state index contributed by atoms with van der Waals surface area (Å²) in [5, 5.41) is 8.04. The van der Waals surface area contributed by atoms with Crippen LogP contribution in [0.5, 0.6) is 5.75 Å². The van der Waals surface area contributed by atoms with Crippen molar-refractivity contribution in [2.45, 2.75) is 6.54 Å². The van der Waals surface area contributed by atoms with Crippen molar-refractivity contribution < 1.29 is 19.1 Å². The lowest BCUT2D eigenvalue weighted by Gasteiger charge is -2.12. The predicted octanol–water partition coefficient (Wildman–Crippen LogP) is 3.51. The number of carbonyl (C=O) groups excluding carboxylic acids is 3. The molecule has 3 N–H and O–H groups in total. The fourth-order valence-corrected chi connectivity index (χ4v) is 3.03. The first-order valence-electron chi connectivity index (χ1n) is 9.87. The molecule has 0 atom stereocenters. The summed E-state index contributed by atoms with van der Waals surface area (Å²) in [6.45, 7) is -0.0648. The second kappa shape index (κ2) is 11.7. The number of hydrogen-bond donors (Lipinski definition) is 3. The van der Waals surface area contributed by atoms with E-state index in [1.54, 1.807) is 36.4 Å². The summed E-state index contributed by atoms with van der Waals surface area (Å²) in [4.78, 5) is 36.7. The minimum Gasteiger partial charge on any atom is -0.483 e. The standard InChI is InChI=1S/C24H22BrN3O4/c25-18-10-12-19(13-11-18)28-23(30)16-32-21-9-5-4-8-20(21)24(31)27-15-22(29)26-14-17-6-2-1-3-7-17/h1-13H,14-16H2,(H,26,29)(H,27,31)(H,28,30). The number of ether oxygens (including phenoxy) is 1. The summed E-state index contributed by atoms with van der Waals surface area (Å²) in [6.07, 6.45) is 0. The molecule has 32 heavy (non-hydrogen) atoms. The Labute approximate surface area is 194 Å². The molecule has 3 aromatic rings. The van der Waals surface area contributed by atoms with Crippen molar-refractivity contribution >= 4 is 39.3 Å². The molecule has 3 rings (SSSR count). The van der Waals surface area contributed by atoms with Gasteiger partial charge in [-0.15, -0.1) is 0 Å². The first-order valence-corrected chi connectivity index (χ1v) is 10.7.